The Labute approximate surface area is 190 Å². The van der Waals surface area contributed by atoms with Gasteiger partial charge in [0.05, 0.1) is 11.7 Å². The lowest BCUT2D eigenvalue weighted by molar-refractivity contribution is 0.0701. The van der Waals surface area contributed by atoms with Gasteiger partial charge in [-0.1, -0.05) is 6.07 Å². The Balaban J connectivity index is 1.36. The molecule has 0 unspecified atom stereocenters. The van der Waals surface area contributed by atoms with E-state index in [2.05, 4.69) is 25.1 Å². The Bertz CT molecular complexity index is 1230. The van der Waals surface area contributed by atoms with Gasteiger partial charge in [-0.3, -0.25) is 9.47 Å². The Morgan fingerprint density at radius 1 is 1.15 bits per heavy atom. The highest BCUT2D eigenvalue weighted by atomic mass is 19.1. The Morgan fingerprint density at radius 3 is 2.67 bits per heavy atom. The van der Waals surface area contributed by atoms with E-state index in [0.29, 0.717) is 28.7 Å². The zero-order valence-corrected chi connectivity index (χ0v) is 18.8. The number of rotatable bonds is 4. The van der Waals surface area contributed by atoms with E-state index in [9.17, 15) is 9.90 Å². The average Bonchev–Trinajstić information content (AvgIpc) is 3.08. The molecule has 1 aromatic carbocycles. The molecule has 9 nitrogen and oxygen atoms in total. The zero-order chi connectivity index (χ0) is 23.3. The van der Waals surface area contributed by atoms with Crippen LogP contribution in [0.4, 0.5) is 10.2 Å². The number of aromatic nitrogens is 5. The molecule has 33 heavy (non-hydrogen) atoms. The second kappa shape index (κ2) is 8.18. The smallest absolute Gasteiger partial charge is 0.350 e. The standard InChI is InChI=1S/C23H26FN7O2/c1-29-12-25-22(26-23(29)33)13-4-6-15(19(32)10-13)16-7-9-20(28-27-16)31(3)18-11-14-5-8-17(21(18)24)30(14)2/h4,6-7,9-10,12,14,17-18,21,32H,5,8,11H2,1-3H3/t14-,17+,18-,21+/m1/s1. The quantitative estimate of drug-likeness (QED) is 0.643. The predicted molar refractivity (Wildman–Crippen MR) is 122 cm³/mol. The summed E-state index contributed by atoms with van der Waals surface area (Å²) in [5, 5.41) is 19.2. The number of phenols is 1. The summed E-state index contributed by atoms with van der Waals surface area (Å²) in [5.74, 6) is 0.804. The van der Waals surface area contributed by atoms with Crippen LogP contribution in [-0.2, 0) is 7.05 Å². The van der Waals surface area contributed by atoms with Gasteiger partial charge in [-0.05, 0) is 50.6 Å². The highest BCUT2D eigenvalue weighted by Gasteiger charge is 2.47. The summed E-state index contributed by atoms with van der Waals surface area (Å²) in [5.41, 5.74) is 1.07. The molecule has 0 amide bonds. The molecule has 0 saturated carbocycles. The van der Waals surface area contributed by atoms with Crippen molar-refractivity contribution in [2.45, 2.75) is 43.6 Å². The van der Waals surface area contributed by atoms with Gasteiger partial charge in [0.2, 0.25) is 0 Å². The van der Waals surface area contributed by atoms with E-state index in [-0.39, 0.29) is 23.7 Å². The van der Waals surface area contributed by atoms with Gasteiger partial charge < -0.3 is 10.0 Å². The molecule has 2 fully saturated rings. The summed E-state index contributed by atoms with van der Waals surface area (Å²) in [4.78, 5) is 23.9. The first kappa shape index (κ1) is 21.4. The van der Waals surface area contributed by atoms with E-state index in [4.69, 9.17) is 0 Å². The number of nitrogens with zero attached hydrogens (tertiary/aromatic N) is 7. The molecule has 0 spiro atoms. The molecule has 10 heteroatoms. The molecule has 5 rings (SSSR count). The average molecular weight is 452 g/mol. The van der Waals surface area contributed by atoms with Crippen molar-refractivity contribution in [3.05, 3.63) is 47.1 Å². The number of phenolic OH excluding ortho intramolecular Hbond substituents is 1. The van der Waals surface area contributed by atoms with E-state index < -0.39 is 11.9 Å². The first-order chi connectivity index (χ1) is 15.8. The Hall–Kier alpha value is -3.40. The lowest BCUT2D eigenvalue weighted by Gasteiger charge is -2.43. The summed E-state index contributed by atoms with van der Waals surface area (Å²) < 4.78 is 16.4. The van der Waals surface area contributed by atoms with Crippen LogP contribution in [0, 0.1) is 0 Å². The minimum Gasteiger partial charge on any atom is -0.507 e. The zero-order valence-electron chi connectivity index (χ0n) is 18.8. The lowest BCUT2D eigenvalue weighted by Crippen LogP contribution is -2.56. The molecule has 1 N–H and O–H groups in total. The van der Waals surface area contributed by atoms with Crippen molar-refractivity contribution in [3.8, 4) is 28.4 Å². The highest BCUT2D eigenvalue weighted by Crippen LogP contribution is 2.39. The molecule has 4 atom stereocenters. The number of fused-ring (bicyclic) bond motifs is 2. The third-order valence-electron chi connectivity index (χ3n) is 7.04. The van der Waals surface area contributed by atoms with Gasteiger partial charge >= 0.3 is 5.69 Å². The molecule has 172 valence electrons. The van der Waals surface area contributed by atoms with Crippen LogP contribution < -0.4 is 10.6 Å². The molecule has 2 aromatic heterocycles. The van der Waals surface area contributed by atoms with E-state index in [0.717, 1.165) is 19.3 Å². The topological polar surface area (TPSA) is 100 Å². The number of halogens is 1. The van der Waals surface area contributed by atoms with Crippen molar-refractivity contribution in [2.24, 2.45) is 7.05 Å². The van der Waals surface area contributed by atoms with Gasteiger partial charge in [0.25, 0.3) is 0 Å². The number of aromatic hydroxyl groups is 1. The van der Waals surface area contributed by atoms with Gasteiger partial charge in [-0.15, -0.1) is 10.2 Å². The minimum absolute atomic E-state index is 0.0251. The number of piperidine rings is 1. The third-order valence-corrected chi connectivity index (χ3v) is 7.04. The number of alkyl halides is 1. The maximum Gasteiger partial charge on any atom is 0.350 e. The van der Waals surface area contributed by atoms with Crippen LogP contribution in [0.3, 0.4) is 0 Å². The fourth-order valence-corrected chi connectivity index (χ4v) is 4.99. The predicted octanol–water partition coefficient (Wildman–Crippen LogP) is 2.01. The van der Waals surface area contributed by atoms with Crippen LogP contribution >= 0.6 is 0 Å². The summed E-state index contributed by atoms with van der Waals surface area (Å²) in [6, 6.07) is 8.60. The van der Waals surface area contributed by atoms with Crippen molar-refractivity contribution >= 4 is 5.82 Å². The number of benzene rings is 1. The van der Waals surface area contributed by atoms with Gasteiger partial charge in [-0.25, -0.2) is 14.2 Å². The largest absolute Gasteiger partial charge is 0.507 e. The Kier molecular flexibility index (Phi) is 5.32. The first-order valence-corrected chi connectivity index (χ1v) is 11.0. The van der Waals surface area contributed by atoms with Gasteiger partial charge in [0.15, 0.2) is 11.6 Å². The fourth-order valence-electron chi connectivity index (χ4n) is 4.99. The minimum atomic E-state index is -0.936. The van der Waals surface area contributed by atoms with E-state index in [1.165, 1.54) is 17.0 Å². The summed E-state index contributed by atoms with van der Waals surface area (Å²) in [7, 11) is 5.44. The molecule has 2 bridgehead atoms. The normalized spacial score (nSPS) is 24.7. The fraction of sp³-hybridized carbons (Fsp3) is 0.435. The molecule has 2 aliphatic heterocycles. The molecule has 3 aromatic rings. The maximum atomic E-state index is 15.2. The molecule has 0 aliphatic carbocycles. The number of hydrogen-bond acceptors (Lipinski definition) is 8. The molecule has 0 radical (unpaired) electrons. The van der Waals surface area contributed by atoms with Crippen LogP contribution in [0.15, 0.2) is 41.5 Å². The monoisotopic (exact) mass is 451 g/mol. The Morgan fingerprint density at radius 2 is 1.97 bits per heavy atom. The first-order valence-electron chi connectivity index (χ1n) is 11.0. The van der Waals surface area contributed by atoms with Crippen LogP contribution in [0.2, 0.25) is 0 Å². The van der Waals surface area contributed by atoms with Crippen molar-refractivity contribution in [1.29, 1.82) is 0 Å². The summed E-state index contributed by atoms with van der Waals surface area (Å²) >= 11 is 0. The molecular formula is C23H26FN7O2. The molecule has 2 aliphatic rings. The second-order valence-electron chi connectivity index (χ2n) is 8.90. The van der Waals surface area contributed by atoms with Gasteiger partial charge in [0, 0.05) is 37.3 Å². The van der Waals surface area contributed by atoms with E-state index in [1.54, 1.807) is 31.3 Å². The maximum absolute atomic E-state index is 15.2. The lowest BCUT2D eigenvalue weighted by atomic mass is 9.95. The van der Waals surface area contributed by atoms with E-state index >= 15 is 4.39 Å². The van der Waals surface area contributed by atoms with Gasteiger partial charge in [0.1, 0.15) is 18.2 Å². The summed E-state index contributed by atoms with van der Waals surface area (Å²) in [6.07, 6.45) is 3.15. The molecule has 2 saturated heterocycles. The van der Waals surface area contributed by atoms with Crippen molar-refractivity contribution < 1.29 is 9.50 Å². The van der Waals surface area contributed by atoms with E-state index in [1.807, 2.05) is 19.0 Å². The SMILES string of the molecule is CN(c1ccc(-c2ccc(-c3ncn(C)c(=O)n3)cc2O)nn1)[C@@H]1C[C@H]2CC[C@@H]([C@@H]1F)N2C. The van der Waals surface area contributed by atoms with Crippen molar-refractivity contribution in [1.82, 2.24) is 29.6 Å². The summed E-state index contributed by atoms with van der Waals surface area (Å²) in [6.45, 7) is 0. The van der Waals surface area contributed by atoms with Crippen LogP contribution in [0.25, 0.3) is 22.6 Å². The highest BCUT2D eigenvalue weighted by molar-refractivity contribution is 5.72. The number of aryl methyl sites for hydroxylation is 1. The van der Waals surface area contributed by atoms with Crippen LogP contribution in [0.5, 0.6) is 5.75 Å². The third kappa shape index (κ3) is 3.74. The molecule has 4 heterocycles. The second-order valence-corrected chi connectivity index (χ2v) is 8.90. The number of hydrogen-bond donors (Lipinski definition) is 1. The van der Waals surface area contributed by atoms with Crippen molar-refractivity contribution in [2.75, 3.05) is 19.0 Å². The van der Waals surface area contributed by atoms with Crippen molar-refractivity contribution in [3.63, 3.8) is 0 Å². The number of anilines is 1. The van der Waals surface area contributed by atoms with Crippen LogP contribution in [-0.4, -0.2) is 73.1 Å². The molecular weight excluding hydrogens is 425 g/mol. The van der Waals surface area contributed by atoms with Gasteiger partial charge in [-0.2, -0.15) is 4.98 Å². The van der Waals surface area contributed by atoms with Crippen LogP contribution in [0.1, 0.15) is 19.3 Å².